The Morgan fingerprint density at radius 3 is 3.05 bits per heavy atom. The number of aromatic nitrogens is 1. The van der Waals surface area contributed by atoms with Crippen LogP contribution in [0.5, 0.6) is 0 Å². The fourth-order valence-electron chi connectivity index (χ4n) is 4.15. The quantitative estimate of drug-likeness (QED) is 0.771. The minimum absolute atomic E-state index is 0.208. The van der Waals surface area contributed by atoms with Gasteiger partial charge in [-0.25, -0.2) is 0 Å². The fourth-order valence-corrected chi connectivity index (χ4v) is 4.15. The Labute approximate surface area is 121 Å². The number of pyridine rings is 1. The summed E-state index contributed by atoms with van der Waals surface area (Å²) in [6.45, 7) is 3.15. The number of carbonyl (C=O) groups is 1. The van der Waals surface area contributed by atoms with Crippen LogP contribution in [0.1, 0.15) is 51.1 Å². The molecule has 0 unspecified atom stereocenters. The lowest BCUT2D eigenvalue weighted by Gasteiger charge is -2.60. The standard InChI is InChI=1S/C17H24N2O/c1-2-17-11-5-3-10-15(17)16(20)19(17)13-7-9-14-8-4-6-12-18-14/h4,6,8,12,15H,2-3,5,7,9-11,13H2,1H3/t15-,17-/m0/s1. The van der Waals surface area contributed by atoms with Gasteiger partial charge in [0.25, 0.3) is 0 Å². The van der Waals surface area contributed by atoms with E-state index in [9.17, 15) is 4.79 Å². The normalized spacial score (nSPS) is 28.9. The van der Waals surface area contributed by atoms with Crippen LogP contribution in [0, 0.1) is 5.92 Å². The average Bonchev–Trinajstić information content (AvgIpc) is 2.51. The Morgan fingerprint density at radius 2 is 2.30 bits per heavy atom. The molecule has 2 heterocycles. The molecule has 2 aliphatic rings. The van der Waals surface area contributed by atoms with Crippen LogP contribution in [0.25, 0.3) is 0 Å². The van der Waals surface area contributed by atoms with Crippen molar-refractivity contribution < 1.29 is 4.79 Å². The number of rotatable bonds is 5. The molecule has 1 aromatic rings. The number of aryl methyl sites for hydroxylation is 1. The van der Waals surface area contributed by atoms with Crippen LogP contribution in [0.4, 0.5) is 0 Å². The summed E-state index contributed by atoms with van der Waals surface area (Å²) in [7, 11) is 0. The molecule has 1 saturated carbocycles. The molecule has 1 amide bonds. The Morgan fingerprint density at radius 1 is 1.40 bits per heavy atom. The molecule has 3 rings (SSSR count). The SMILES string of the molecule is CC[C@]12CCCC[C@H]1C(=O)N2CCCc1ccccn1. The van der Waals surface area contributed by atoms with Crippen LogP contribution in [0.15, 0.2) is 24.4 Å². The highest BCUT2D eigenvalue weighted by Gasteiger charge is 2.58. The van der Waals surface area contributed by atoms with Gasteiger partial charge in [0.1, 0.15) is 0 Å². The highest BCUT2D eigenvalue weighted by molar-refractivity contribution is 5.88. The number of likely N-dealkylation sites (tertiary alicyclic amines) is 1. The van der Waals surface area contributed by atoms with Crippen molar-refractivity contribution in [1.29, 1.82) is 0 Å². The zero-order valence-electron chi connectivity index (χ0n) is 12.3. The molecule has 0 radical (unpaired) electrons. The Balaban J connectivity index is 1.58. The van der Waals surface area contributed by atoms with E-state index in [1.165, 1.54) is 19.3 Å². The van der Waals surface area contributed by atoms with Gasteiger partial charge in [0.05, 0.1) is 11.5 Å². The largest absolute Gasteiger partial charge is 0.336 e. The lowest BCUT2D eigenvalue weighted by Crippen LogP contribution is -2.71. The number of fused-ring (bicyclic) bond motifs is 1. The number of β-lactam (4-membered cyclic amide) rings is 1. The van der Waals surface area contributed by atoms with E-state index >= 15 is 0 Å². The molecule has 3 heteroatoms. The number of carbonyl (C=O) groups excluding carboxylic acids is 1. The summed E-state index contributed by atoms with van der Waals surface area (Å²) in [6, 6.07) is 6.04. The van der Waals surface area contributed by atoms with Crippen LogP contribution < -0.4 is 0 Å². The van der Waals surface area contributed by atoms with Gasteiger partial charge in [0, 0.05) is 18.4 Å². The van der Waals surface area contributed by atoms with Gasteiger partial charge in [-0.2, -0.15) is 0 Å². The summed E-state index contributed by atoms with van der Waals surface area (Å²) in [5.74, 6) is 0.740. The van der Waals surface area contributed by atoms with E-state index < -0.39 is 0 Å². The van der Waals surface area contributed by atoms with Crippen molar-refractivity contribution in [3.63, 3.8) is 0 Å². The predicted octanol–water partition coefficient (Wildman–Crippen LogP) is 3.20. The van der Waals surface area contributed by atoms with Crippen LogP contribution >= 0.6 is 0 Å². The number of hydrogen-bond acceptors (Lipinski definition) is 2. The molecule has 0 spiro atoms. The topological polar surface area (TPSA) is 33.2 Å². The van der Waals surface area contributed by atoms with Crippen LogP contribution in [-0.2, 0) is 11.2 Å². The lowest BCUT2D eigenvalue weighted by atomic mass is 9.63. The zero-order valence-corrected chi connectivity index (χ0v) is 12.3. The number of amides is 1. The first-order valence-electron chi connectivity index (χ1n) is 7.99. The van der Waals surface area contributed by atoms with Crippen molar-refractivity contribution in [3.8, 4) is 0 Å². The van der Waals surface area contributed by atoms with Gasteiger partial charge in [-0.3, -0.25) is 9.78 Å². The van der Waals surface area contributed by atoms with Crippen LogP contribution in [0.3, 0.4) is 0 Å². The molecule has 1 aromatic heterocycles. The zero-order chi connectivity index (χ0) is 14.0. The van der Waals surface area contributed by atoms with E-state index in [2.05, 4.69) is 22.9 Å². The number of hydrogen-bond donors (Lipinski definition) is 0. The minimum Gasteiger partial charge on any atom is -0.336 e. The summed E-state index contributed by atoms with van der Waals surface area (Å²) in [5.41, 5.74) is 1.34. The maximum atomic E-state index is 12.3. The molecule has 20 heavy (non-hydrogen) atoms. The summed E-state index contributed by atoms with van der Waals surface area (Å²) < 4.78 is 0. The van der Waals surface area contributed by atoms with E-state index in [1.54, 1.807) is 0 Å². The first-order valence-corrected chi connectivity index (χ1v) is 7.99. The van der Waals surface area contributed by atoms with Crippen LogP contribution in [-0.4, -0.2) is 27.9 Å². The highest BCUT2D eigenvalue weighted by Crippen LogP contribution is 2.49. The molecule has 0 bridgehead atoms. The molecule has 0 aromatic carbocycles. The highest BCUT2D eigenvalue weighted by atomic mass is 16.2. The first-order chi connectivity index (χ1) is 9.78. The van der Waals surface area contributed by atoms with Gasteiger partial charge in [0.2, 0.25) is 5.91 Å². The fraction of sp³-hybridized carbons (Fsp3) is 0.647. The second-order valence-corrected chi connectivity index (χ2v) is 6.17. The van der Waals surface area contributed by atoms with E-state index in [1.807, 2.05) is 18.3 Å². The Hall–Kier alpha value is -1.38. The third kappa shape index (κ3) is 2.13. The van der Waals surface area contributed by atoms with Crippen molar-refractivity contribution in [3.05, 3.63) is 30.1 Å². The first kappa shape index (κ1) is 13.6. The molecule has 0 N–H and O–H groups in total. The third-order valence-electron chi connectivity index (χ3n) is 5.26. The van der Waals surface area contributed by atoms with Gasteiger partial charge in [-0.05, 0) is 44.2 Å². The molecule has 2 atom stereocenters. The lowest BCUT2D eigenvalue weighted by molar-refractivity contribution is -0.178. The summed E-state index contributed by atoms with van der Waals surface area (Å²) in [4.78, 5) is 18.8. The third-order valence-corrected chi connectivity index (χ3v) is 5.26. The van der Waals surface area contributed by atoms with Crippen molar-refractivity contribution in [1.82, 2.24) is 9.88 Å². The van der Waals surface area contributed by atoms with Gasteiger partial charge in [0.15, 0.2) is 0 Å². The molecular formula is C17H24N2O. The van der Waals surface area contributed by atoms with Gasteiger partial charge in [-0.1, -0.05) is 25.8 Å². The Kier molecular flexibility index (Phi) is 3.77. The van der Waals surface area contributed by atoms with E-state index in [-0.39, 0.29) is 5.54 Å². The second kappa shape index (κ2) is 5.55. The smallest absolute Gasteiger partial charge is 0.228 e. The van der Waals surface area contributed by atoms with Crippen molar-refractivity contribution in [2.75, 3.05) is 6.54 Å². The molecule has 1 saturated heterocycles. The van der Waals surface area contributed by atoms with Crippen molar-refractivity contribution in [2.45, 2.75) is 57.4 Å². The number of nitrogens with zero attached hydrogens (tertiary/aromatic N) is 2. The summed E-state index contributed by atoms with van der Waals surface area (Å²) >= 11 is 0. The van der Waals surface area contributed by atoms with E-state index in [4.69, 9.17) is 0 Å². The molecular weight excluding hydrogens is 248 g/mol. The maximum Gasteiger partial charge on any atom is 0.228 e. The van der Waals surface area contributed by atoms with Gasteiger partial charge >= 0.3 is 0 Å². The predicted molar refractivity (Wildman–Crippen MR) is 79.3 cm³/mol. The van der Waals surface area contributed by atoms with Gasteiger partial charge < -0.3 is 4.90 Å². The van der Waals surface area contributed by atoms with E-state index in [0.717, 1.165) is 37.9 Å². The van der Waals surface area contributed by atoms with Crippen molar-refractivity contribution >= 4 is 5.91 Å². The molecule has 1 aliphatic heterocycles. The summed E-state index contributed by atoms with van der Waals surface area (Å²) in [6.07, 6.45) is 9.80. The molecule has 1 aliphatic carbocycles. The average molecular weight is 272 g/mol. The summed E-state index contributed by atoms with van der Waals surface area (Å²) in [5, 5.41) is 0. The Bertz CT molecular complexity index is 473. The monoisotopic (exact) mass is 272 g/mol. The molecule has 108 valence electrons. The van der Waals surface area contributed by atoms with E-state index in [0.29, 0.717) is 11.8 Å². The minimum atomic E-state index is 0.208. The van der Waals surface area contributed by atoms with Crippen molar-refractivity contribution in [2.24, 2.45) is 5.92 Å². The van der Waals surface area contributed by atoms with Crippen LogP contribution in [0.2, 0.25) is 0 Å². The maximum absolute atomic E-state index is 12.3. The van der Waals surface area contributed by atoms with Gasteiger partial charge in [-0.15, -0.1) is 0 Å². The molecule has 2 fully saturated rings. The second-order valence-electron chi connectivity index (χ2n) is 6.17. The molecule has 3 nitrogen and oxygen atoms in total.